The summed E-state index contributed by atoms with van der Waals surface area (Å²) < 4.78 is 11.0. The molecule has 1 aromatic heterocycles. The molecular weight excluding hydrogens is 378 g/mol. The molecule has 7 nitrogen and oxygen atoms in total. The van der Waals surface area contributed by atoms with Crippen molar-refractivity contribution >= 4 is 29.3 Å². The van der Waals surface area contributed by atoms with Crippen molar-refractivity contribution in [2.24, 2.45) is 0 Å². The Morgan fingerprint density at radius 2 is 1.96 bits per heavy atom. The summed E-state index contributed by atoms with van der Waals surface area (Å²) in [5, 5.41) is 2.70. The molecule has 0 saturated carbocycles. The largest absolute Gasteiger partial charge is 0.444 e. The predicted molar refractivity (Wildman–Crippen MR) is 108 cm³/mol. The topological polar surface area (TPSA) is 80.8 Å². The summed E-state index contributed by atoms with van der Waals surface area (Å²) in [6.45, 7) is 5.93. The van der Waals surface area contributed by atoms with Gasteiger partial charge in [-0.25, -0.2) is 14.6 Å². The predicted octanol–water partition coefficient (Wildman–Crippen LogP) is 5.11. The van der Waals surface area contributed by atoms with Crippen molar-refractivity contribution in [2.75, 3.05) is 11.9 Å². The molecule has 1 atom stereocenters. The lowest BCUT2D eigenvalue weighted by molar-refractivity contribution is -0.0484. The van der Waals surface area contributed by atoms with Crippen molar-refractivity contribution in [1.82, 2.24) is 9.88 Å². The molecule has 1 N–H and O–H groups in total. The quantitative estimate of drug-likeness (QED) is 0.771. The number of likely N-dealkylation sites (tertiary alicyclic amines) is 1. The van der Waals surface area contributed by atoms with Gasteiger partial charge in [0.05, 0.1) is 10.4 Å². The lowest BCUT2D eigenvalue weighted by Gasteiger charge is -2.35. The molecular formula is C20H25N3O4S. The van der Waals surface area contributed by atoms with E-state index in [-0.39, 0.29) is 0 Å². The summed E-state index contributed by atoms with van der Waals surface area (Å²) in [6, 6.07) is 9.70. The Hall–Kier alpha value is -2.61. The fourth-order valence-corrected chi connectivity index (χ4v) is 3.68. The maximum absolute atomic E-state index is 12.5. The number of carbonyl (C=O) groups is 2. The van der Waals surface area contributed by atoms with E-state index in [1.807, 2.05) is 51.1 Å². The number of nitrogens with zero attached hydrogens (tertiary/aromatic N) is 2. The highest BCUT2D eigenvalue weighted by Gasteiger charge is 2.33. The number of anilines is 1. The second kappa shape index (κ2) is 8.60. The molecule has 1 fully saturated rings. The van der Waals surface area contributed by atoms with Gasteiger partial charge >= 0.3 is 12.2 Å². The number of piperidine rings is 1. The van der Waals surface area contributed by atoms with Gasteiger partial charge in [-0.2, -0.15) is 0 Å². The normalized spacial score (nSPS) is 17.1. The Bertz CT molecular complexity index is 816. The fourth-order valence-electron chi connectivity index (χ4n) is 2.93. The SMILES string of the molecule is CC(C)(C)OC(=O)N1CCCCC1OC(=O)Nc1ncsc1-c1ccccc1. The molecule has 8 heteroatoms. The minimum atomic E-state index is -0.651. The first kappa shape index (κ1) is 20.1. The number of nitrogens with one attached hydrogen (secondary N) is 1. The lowest BCUT2D eigenvalue weighted by atomic mass is 10.1. The molecule has 2 amide bonds. The average molecular weight is 404 g/mol. The van der Waals surface area contributed by atoms with Gasteiger partial charge < -0.3 is 9.47 Å². The molecule has 0 bridgehead atoms. The van der Waals surface area contributed by atoms with E-state index in [0.717, 1.165) is 23.3 Å². The number of carbonyl (C=O) groups excluding carboxylic acids is 2. The molecule has 28 heavy (non-hydrogen) atoms. The van der Waals surface area contributed by atoms with Crippen LogP contribution in [-0.2, 0) is 9.47 Å². The van der Waals surface area contributed by atoms with Gasteiger partial charge in [0.25, 0.3) is 0 Å². The van der Waals surface area contributed by atoms with Crippen LogP contribution in [0.2, 0.25) is 0 Å². The molecule has 0 spiro atoms. The molecule has 2 aromatic rings. The first-order valence-electron chi connectivity index (χ1n) is 9.29. The van der Waals surface area contributed by atoms with Crippen LogP contribution in [0.25, 0.3) is 10.4 Å². The zero-order valence-corrected chi connectivity index (χ0v) is 17.1. The number of aromatic nitrogens is 1. The number of thiazole rings is 1. The van der Waals surface area contributed by atoms with Gasteiger partial charge in [0.15, 0.2) is 12.0 Å². The van der Waals surface area contributed by atoms with Crippen molar-refractivity contribution in [3.05, 3.63) is 35.8 Å². The molecule has 2 heterocycles. The molecule has 0 radical (unpaired) electrons. The highest BCUT2D eigenvalue weighted by molar-refractivity contribution is 7.13. The Morgan fingerprint density at radius 1 is 1.21 bits per heavy atom. The maximum Gasteiger partial charge on any atom is 0.414 e. The van der Waals surface area contributed by atoms with E-state index >= 15 is 0 Å². The van der Waals surface area contributed by atoms with Gasteiger partial charge in [0.1, 0.15) is 5.60 Å². The van der Waals surface area contributed by atoms with Gasteiger partial charge in [-0.15, -0.1) is 11.3 Å². The van der Waals surface area contributed by atoms with Gasteiger partial charge in [0, 0.05) is 13.0 Å². The number of ether oxygens (including phenoxy) is 2. The van der Waals surface area contributed by atoms with Crippen LogP contribution in [0.15, 0.2) is 35.8 Å². The molecule has 1 unspecified atom stereocenters. The van der Waals surface area contributed by atoms with Crippen LogP contribution in [0.4, 0.5) is 15.4 Å². The van der Waals surface area contributed by atoms with Crippen LogP contribution in [0.1, 0.15) is 40.0 Å². The summed E-state index contributed by atoms with van der Waals surface area (Å²) >= 11 is 1.44. The van der Waals surface area contributed by atoms with Crippen molar-refractivity contribution in [3.63, 3.8) is 0 Å². The standard InChI is InChI=1S/C20H25N3O4S/c1-20(2,3)27-19(25)23-12-8-7-11-15(23)26-18(24)22-17-16(28-13-21-17)14-9-5-4-6-10-14/h4-6,9-10,13,15H,7-8,11-12H2,1-3H3,(H,22,24). The molecule has 1 aliphatic heterocycles. The molecule has 0 aliphatic carbocycles. The van der Waals surface area contributed by atoms with Gasteiger partial charge in [0.2, 0.25) is 0 Å². The van der Waals surface area contributed by atoms with Crippen molar-refractivity contribution in [3.8, 4) is 10.4 Å². The van der Waals surface area contributed by atoms with Crippen LogP contribution < -0.4 is 5.32 Å². The number of hydrogen-bond donors (Lipinski definition) is 1. The lowest BCUT2D eigenvalue weighted by Crippen LogP contribution is -2.48. The summed E-state index contributed by atoms with van der Waals surface area (Å²) in [7, 11) is 0. The molecule has 1 saturated heterocycles. The number of hydrogen-bond acceptors (Lipinski definition) is 6. The van der Waals surface area contributed by atoms with E-state index in [2.05, 4.69) is 10.3 Å². The van der Waals surface area contributed by atoms with E-state index in [9.17, 15) is 9.59 Å². The Morgan fingerprint density at radius 3 is 2.68 bits per heavy atom. The van der Waals surface area contributed by atoms with Crippen molar-refractivity contribution < 1.29 is 19.1 Å². The first-order valence-corrected chi connectivity index (χ1v) is 10.2. The van der Waals surface area contributed by atoms with Gasteiger partial charge in [-0.3, -0.25) is 10.2 Å². The monoisotopic (exact) mass is 403 g/mol. The number of amides is 2. The highest BCUT2D eigenvalue weighted by Crippen LogP contribution is 2.31. The zero-order valence-electron chi connectivity index (χ0n) is 16.3. The van der Waals surface area contributed by atoms with Crippen LogP contribution in [0, 0.1) is 0 Å². The molecule has 150 valence electrons. The Labute approximate surface area is 168 Å². The van der Waals surface area contributed by atoms with E-state index in [1.54, 1.807) is 5.51 Å². The first-order chi connectivity index (χ1) is 13.3. The third-order valence-electron chi connectivity index (χ3n) is 4.14. The van der Waals surface area contributed by atoms with Gasteiger partial charge in [-0.05, 0) is 39.2 Å². The molecule has 3 rings (SSSR count). The summed E-state index contributed by atoms with van der Waals surface area (Å²) in [5.74, 6) is 0.445. The van der Waals surface area contributed by atoms with E-state index in [1.165, 1.54) is 16.2 Å². The van der Waals surface area contributed by atoms with Crippen LogP contribution in [0.5, 0.6) is 0 Å². The Balaban J connectivity index is 1.65. The summed E-state index contributed by atoms with van der Waals surface area (Å²) in [6.07, 6.45) is 0.554. The van der Waals surface area contributed by atoms with E-state index < -0.39 is 24.0 Å². The third kappa shape index (κ3) is 5.22. The molecule has 1 aromatic carbocycles. The third-order valence-corrected chi connectivity index (χ3v) is 5.02. The van der Waals surface area contributed by atoms with Crippen LogP contribution in [-0.4, -0.2) is 40.4 Å². The highest BCUT2D eigenvalue weighted by atomic mass is 32.1. The number of benzene rings is 1. The second-order valence-electron chi connectivity index (χ2n) is 7.55. The summed E-state index contributed by atoms with van der Waals surface area (Å²) in [5.41, 5.74) is 2.03. The zero-order chi connectivity index (χ0) is 20.1. The molecule has 1 aliphatic rings. The van der Waals surface area contributed by atoms with Crippen molar-refractivity contribution in [2.45, 2.75) is 51.9 Å². The fraction of sp³-hybridized carbons (Fsp3) is 0.450. The van der Waals surface area contributed by atoms with Crippen LogP contribution in [0.3, 0.4) is 0 Å². The van der Waals surface area contributed by atoms with E-state index in [0.29, 0.717) is 18.8 Å². The minimum absolute atomic E-state index is 0.445. The Kier molecular flexibility index (Phi) is 6.18. The van der Waals surface area contributed by atoms with Gasteiger partial charge in [-0.1, -0.05) is 30.3 Å². The average Bonchev–Trinajstić information content (AvgIpc) is 3.09. The minimum Gasteiger partial charge on any atom is -0.444 e. The smallest absolute Gasteiger partial charge is 0.414 e. The maximum atomic E-state index is 12.5. The summed E-state index contributed by atoms with van der Waals surface area (Å²) in [4.78, 5) is 31.5. The van der Waals surface area contributed by atoms with Crippen LogP contribution >= 0.6 is 11.3 Å². The van der Waals surface area contributed by atoms with E-state index in [4.69, 9.17) is 9.47 Å². The number of rotatable bonds is 3. The van der Waals surface area contributed by atoms with Crippen molar-refractivity contribution in [1.29, 1.82) is 0 Å². The second-order valence-corrected chi connectivity index (χ2v) is 8.41.